The number of hydrogen-bond acceptors (Lipinski definition) is 7. The number of aromatic nitrogens is 1. The summed E-state index contributed by atoms with van der Waals surface area (Å²) in [5.41, 5.74) is 4.19. The molecule has 0 radical (unpaired) electrons. The van der Waals surface area contributed by atoms with Gasteiger partial charge in [0.15, 0.2) is 6.04 Å². The molecule has 0 spiro atoms. The van der Waals surface area contributed by atoms with Crippen molar-refractivity contribution in [2.75, 3.05) is 0 Å². The van der Waals surface area contributed by atoms with E-state index in [0.717, 1.165) is 5.01 Å². The van der Waals surface area contributed by atoms with Gasteiger partial charge >= 0.3 is 5.97 Å². The number of pyridine rings is 1. The van der Waals surface area contributed by atoms with Crippen molar-refractivity contribution in [1.29, 1.82) is 0 Å². The third-order valence-electron chi connectivity index (χ3n) is 6.86. The Balaban J connectivity index is 1.97. The molecule has 2 amide bonds. The topological polar surface area (TPSA) is 89.9 Å². The van der Waals surface area contributed by atoms with E-state index in [2.05, 4.69) is 47.0 Å². The van der Waals surface area contributed by atoms with E-state index in [4.69, 9.17) is 21.5 Å². The molecule has 0 unspecified atom stereocenters. The SMILES string of the molecule is CC(C)[Si](O[C@H](C)[C@H](NN1C(=O)c2ccccc2C1=O)C(=O)On1ccccc1=S)(C(C)C)C(C)C. The lowest BCUT2D eigenvalue weighted by Crippen LogP contribution is -2.61. The van der Waals surface area contributed by atoms with E-state index in [1.54, 1.807) is 49.4 Å². The monoisotopic (exact) mass is 529 g/mol. The van der Waals surface area contributed by atoms with Crippen LogP contribution in [0.2, 0.25) is 16.6 Å². The molecule has 8 nitrogen and oxygen atoms in total. The standard InChI is InChI=1S/C26H35N3O5SSi/c1-16(2)36(17(3)4,18(5)6)34-19(7)23(26(32)33-28-15-11-10-14-22(28)35)27-29-24(30)20-12-8-9-13-21(20)25(29)31/h8-19,23,27H,1-7H3/t19-,23+/m1/s1. The van der Waals surface area contributed by atoms with Gasteiger partial charge in [0.25, 0.3) is 11.8 Å². The molecule has 0 saturated heterocycles. The molecule has 3 rings (SSSR count). The van der Waals surface area contributed by atoms with E-state index in [1.165, 1.54) is 10.9 Å². The van der Waals surface area contributed by atoms with Gasteiger partial charge in [-0.05, 0) is 47.8 Å². The molecule has 0 aliphatic carbocycles. The first-order valence-corrected chi connectivity index (χ1v) is 14.8. The summed E-state index contributed by atoms with van der Waals surface area (Å²) >= 11 is 5.26. The van der Waals surface area contributed by atoms with Crippen molar-refractivity contribution < 1.29 is 23.6 Å². The number of amides is 2. The van der Waals surface area contributed by atoms with Crippen LogP contribution in [-0.4, -0.2) is 48.0 Å². The van der Waals surface area contributed by atoms with Gasteiger partial charge in [0.1, 0.15) is 4.64 Å². The third kappa shape index (κ3) is 5.22. The Morgan fingerprint density at radius 3 is 1.83 bits per heavy atom. The van der Waals surface area contributed by atoms with Crippen molar-refractivity contribution in [2.24, 2.45) is 0 Å². The molecule has 36 heavy (non-hydrogen) atoms. The summed E-state index contributed by atoms with van der Waals surface area (Å²) < 4.78 is 8.30. The fourth-order valence-electron chi connectivity index (χ4n) is 5.23. The molecule has 1 aliphatic heterocycles. The number of nitrogens with one attached hydrogen (secondary N) is 1. The summed E-state index contributed by atoms with van der Waals surface area (Å²) in [6, 6.07) is 10.4. The molecular weight excluding hydrogens is 494 g/mol. The van der Waals surface area contributed by atoms with Gasteiger partial charge < -0.3 is 9.26 Å². The number of fused-ring (bicyclic) bond motifs is 1. The second-order valence-corrected chi connectivity index (χ2v) is 15.8. The first-order chi connectivity index (χ1) is 16.9. The Kier molecular flexibility index (Phi) is 8.66. The van der Waals surface area contributed by atoms with Crippen molar-refractivity contribution >= 4 is 38.3 Å². The highest BCUT2D eigenvalue weighted by atomic mass is 32.1. The number of carbonyl (C=O) groups is 3. The predicted molar refractivity (Wildman–Crippen MR) is 142 cm³/mol. The maximum absolute atomic E-state index is 13.5. The minimum atomic E-state index is -2.42. The van der Waals surface area contributed by atoms with Crippen LogP contribution < -0.4 is 10.3 Å². The first-order valence-electron chi connectivity index (χ1n) is 12.2. The largest absolute Gasteiger partial charge is 0.411 e. The van der Waals surface area contributed by atoms with Crippen molar-refractivity contribution in [1.82, 2.24) is 15.2 Å². The van der Waals surface area contributed by atoms with Crippen molar-refractivity contribution in [3.05, 3.63) is 64.4 Å². The van der Waals surface area contributed by atoms with Crippen LogP contribution in [0.15, 0.2) is 48.7 Å². The van der Waals surface area contributed by atoms with Gasteiger partial charge in [0.05, 0.1) is 17.2 Å². The molecular formula is C26H35N3O5SSi. The quantitative estimate of drug-likeness (QED) is 0.265. The van der Waals surface area contributed by atoms with Gasteiger partial charge in [-0.1, -0.05) is 72.0 Å². The zero-order chi connectivity index (χ0) is 26.8. The minimum absolute atomic E-state index is 0.263. The van der Waals surface area contributed by atoms with Crippen LogP contribution in [0.4, 0.5) is 0 Å². The van der Waals surface area contributed by atoms with Crippen molar-refractivity contribution in [3.8, 4) is 0 Å². The van der Waals surface area contributed by atoms with E-state index < -0.39 is 38.2 Å². The molecule has 0 fully saturated rings. The molecule has 10 heteroatoms. The number of benzene rings is 1. The van der Waals surface area contributed by atoms with Crippen LogP contribution in [0, 0.1) is 4.64 Å². The van der Waals surface area contributed by atoms with Crippen LogP contribution in [0.3, 0.4) is 0 Å². The van der Waals surface area contributed by atoms with Crippen LogP contribution in [0.25, 0.3) is 0 Å². The fraction of sp³-hybridized carbons (Fsp3) is 0.462. The highest BCUT2D eigenvalue weighted by Gasteiger charge is 2.49. The van der Waals surface area contributed by atoms with Gasteiger partial charge in [-0.3, -0.25) is 9.59 Å². The Hall–Kier alpha value is -2.66. The highest BCUT2D eigenvalue weighted by Crippen LogP contribution is 2.43. The van der Waals surface area contributed by atoms with Crippen LogP contribution in [0.1, 0.15) is 69.2 Å². The van der Waals surface area contributed by atoms with Crippen molar-refractivity contribution in [2.45, 2.75) is 77.2 Å². The molecule has 0 saturated carbocycles. The van der Waals surface area contributed by atoms with Crippen molar-refractivity contribution in [3.63, 3.8) is 0 Å². The van der Waals surface area contributed by atoms with Crippen LogP contribution >= 0.6 is 12.2 Å². The molecule has 1 aromatic heterocycles. The van der Waals surface area contributed by atoms with E-state index in [9.17, 15) is 14.4 Å². The Bertz CT molecular complexity index is 1140. The summed E-state index contributed by atoms with van der Waals surface area (Å²) in [6.45, 7) is 14.6. The number of rotatable bonds is 10. The minimum Gasteiger partial charge on any atom is -0.411 e. The predicted octanol–water partition coefficient (Wildman–Crippen LogP) is 4.92. The number of hydrazine groups is 1. The summed E-state index contributed by atoms with van der Waals surface area (Å²) in [4.78, 5) is 45.2. The van der Waals surface area contributed by atoms with E-state index >= 15 is 0 Å². The molecule has 1 aromatic carbocycles. The maximum atomic E-state index is 13.5. The number of carbonyl (C=O) groups excluding carboxylic acids is 3. The van der Waals surface area contributed by atoms with Gasteiger partial charge in [-0.2, -0.15) is 4.73 Å². The zero-order valence-electron chi connectivity index (χ0n) is 21.8. The normalized spacial score (nSPS) is 15.6. The van der Waals surface area contributed by atoms with E-state index in [1.807, 2.05) is 0 Å². The van der Waals surface area contributed by atoms with Crippen LogP contribution in [0.5, 0.6) is 0 Å². The summed E-state index contributed by atoms with van der Waals surface area (Å²) in [5.74, 6) is -1.78. The van der Waals surface area contributed by atoms with Gasteiger partial charge in [-0.25, -0.2) is 15.2 Å². The first kappa shape index (κ1) is 27.9. The lowest BCUT2D eigenvalue weighted by Gasteiger charge is -2.45. The van der Waals surface area contributed by atoms with E-state index in [0.29, 0.717) is 4.64 Å². The average molecular weight is 530 g/mol. The molecule has 2 heterocycles. The summed E-state index contributed by atoms with van der Waals surface area (Å²) in [6.07, 6.45) is 0.818. The molecule has 1 aliphatic rings. The van der Waals surface area contributed by atoms with Gasteiger partial charge in [0.2, 0.25) is 8.32 Å². The fourth-order valence-corrected chi connectivity index (χ4v) is 11.0. The average Bonchev–Trinajstić information content (AvgIpc) is 3.06. The smallest absolute Gasteiger partial charge is 0.354 e. The number of imide groups is 1. The molecule has 0 bridgehead atoms. The second kappa shape index (κ2) is 11.2. The number of nitrogens with zero attached hydrogens (tertiary/aromatic N) is 2. The van der Waals surface area contributed by atoms with Gasteiger partial charge in [-0.15, -0.1) is 0 Å². The molecule has 2 atom stereocenters. The number of hydrogen-bond donors (Lipinski definition) is 1. The molecule has 1 N–H and O–H groups in total. The highest BCUT2D eigenvalue weighted by molar-refractivity contribution is 7.71. The Morgan fingerprint density at radius 2 is 1.36 bits per heavy atom. The summed E-state index contributed by atoms with van der Waals surface area (Å²) in [7, 11) is -2.42. The molecule has 2 aromatic rings. The van der Waals surface area contributed by atoms with Gasteiger partial charge in [0, 0.05) is 6.20 Å². The second-order valence-electron chi connectivity index (χ2n) is 10.0. The maximum Gasteiger partial charge on any atom is 0.354 e. The zero-order valence-corrected chi connectivity index (χ0v) is 23.7. The molecule has 194 valence electrons. The van der Waals surface area contributed by atoms with E-state index in [-0.39, 0.29) is 27.8 Å². The Morgan fingerprint density at radius 1 is 0.861 bits per heavy atom. The van der Waals surface area contributed by atoms with Crippen LogP contribution in [-0.2, 0) is 9.22 Å². The lowest BCUT2D eigenvalue weighted by molar-refractivity contribution is -0.150. The Labute approximate surface area is 218 Å². The third-order valence-corrected chi connectivity index (χ3v) is 13.4. The lowest BCUT2D eigenvalue weighted by atomic mass is 10.1. The summed E-state index contributed by atoms with van der Waals surface area (Å²) in [5, 5.41) is 0.879.